The van der Waals surface area contributed by atoms with Crippen molar-refractivity contribution in [2.45, 2.75) is 18.9 Å². The molecule has 1 aliphatic rings. The van der Waals surface area contributed by atoms with Gasteiger partial charge in [0, 0.05) is 62.6 Å². The van der Waals surface area contributed by atoms with Crippen LogP contribution in [0, 0.1) is 0 Å². The number of aryl methyl sites for hydroxylation is 1. The number of amides is 1. The summed E-state index contributed by atoms with van der Waals surface area (Å²) in [5.74, 6) is -4.59. The Labute approximate surface area is 227 Å². The molecule has 3 heterocycles. The van der Waals surface area contributed by atoms with Gasteiger partial charge in [-0.05, 0) is 17.5 Å². The number of alkyl halides is 6. The van der Waals surface area contributed by atoms with Crippen molar-refractivity contribution in [3.63, 3.8) is 0 Å². The van der Waals surface area contributed by atoms with Crippen LogP contribution >= 0.6 is 11.3 Å². The van der Waals surface area contributed by atoms with Crippen LogP contribution in [0.4, 0.5) is 26.3 Å². The lowest BCUT2D eigenvalue weighted by atomic mass is 10.0. The van der Waals surface area contributed by atoms with Gasteiger partial charge in [-0.25, -0.2) is 14.6 Å². The van der Waals surface area contributed by atoms with E-state index in [1.165, 1.54) is 4.88 Å². The van der Waals surface area contributed by atoms with E-state index in [1.807, 2.05) is 47.0 Å². The van der Waals surface area contributed by atoms with Crippen molar-refractivity contribution in [3.8, 4) is 11.4 Å². The van der Waals surface area contributed by atoms with E-state index in [4.69, 9.17) is 19.8 Å². The van der Waals surface area contributed by atoms with Crippen molar-refractivity contribution >= 4 is 29.2 Å². The van der Waals surface area contributed by atoms with Crippen LogP contribution in [-0.2, 0) is 23.2 Å². The van der Waals surface area contributed by atoms with Crippen LogP contribution in [0.3, 0.4) is 0 Å². The summed E-state index contributed by atoms with van der Waals surface area (Å²) >= 11 is 1.79. The minimum atomic E-state index is -5.08. The Morgan fingerprint density at radius 3 is 1.90 bits per heavy atom. The van der Waals surface area contributed by atoms with Crippen molar-refractivity contribution in [2.24, 2.45) is 7.05 Å². The second-order valence-electron chi connectivity index (χ2n) is 8.16. The summed E-state index contributed by atoms with van der Waals surface area (Å²) in [6.45, 7) is 4.32. The van der Waals surface area contributed by atoms with E-state index < -0.39 is 24.3 Å². The topological polar surface area (TPSA) is 116 Å². The summed E-state index contributed by atoms with van der Waals surface area (Å²) in [6.07, 6.45) is -6.50. The van der Waals surface area contributed by atoms with Crippen molar-refractivity contribution < 1.29 is 50.9 Å². The lowest BCUT2D eigenvalue weighted by Gasteiger charge is -2.34. The van der Waals surface area contributed by atoms with Crippen LogP contribution in [0.5, 0.6) is 0 Å². The number of hydrogen-bond acceptors (Lipinski definition) is 6. The Bertz CT molecular complexity index is 1250. The predicted molar refractivity (Wildman–Crippen MR) is 132 cm³/mol. The minimum absolute atomic E-state index is 0.0966. The van der Waals surface area contributed by atoms with Gasteiger partial charge >= 0.3 is 24.3 Å². The number of halogens is 6. The molecule has 1 amide bonds. The lowest BCUT2D eigenvalue weighted by Crippen LogP contribution is -2.48. The highest BCUT2D eigenvalue weighted by Gasteiger charge is 2.38. The summed E-state index contributed by atoms with van der Waals surface area (Å²) in [4.78, 5) is 41.1. The van der Waals surface area contributed by atoms with Gasteiger partial charge in [-0.2, -0.15) is 26.3 Å². The molecule has 9 nitrogen and oxygen atoms in total. The standard InChI is InChI=1S/C20H22N4OS.2C2HF3O2/c1-22-9-8-21-19(22)17-6-2-3-7-18(17)20(25)24-12-10-23(11-13-24)15-16-5-4-14-26-16;2*3-2(4,5)1(6)7/h2-9,14H,10-13,15H2,1H3;2*(H,6,7). The molecule has 0 spiro atoms. The molecule has 3 aromatic rings. The molecule has 1 saturated heterocycles. The van der Waals surface area contributed by atoms with Crippen LogP contribution in [0.2, 0.25) is 0 Å². The number of aliphatic carboxylic acids is 2. The molecule has 40 heavy (non-hydrogen) atoms. The molecule has 0 aliphatic carbocycles. The molecule has 2 N–H and O–H groups in total. The zero-order valence-corrected chi connectivity index (χ0v) is 21.6. The van der Waals surface area contributed by atoms with Gasteiger partial charge in [0.05, 0.1) is 5.56 Å². The number of piperazine rings is 1. The number of nitrogens with zero attached hydrogens (tertiary/aromatic N) is 4. The van der Waals surface area contributed by atoms with Gasteiger partial charge in [0.1, 0.15) is 5.82 Å². The molecule has 0 saturated carbocycles. The molecule has 0 atom stereocenters. The van der Waals surface area contributed by atoms with Crippen molar-refractivity contribution in [2.75, 3.05) is 26.2 Å². The minimum Gasteiger partial charge on any atom is -0.475 e. The van der Waals surface area contributed by atoms with Gasteiger partial charge < -0.3 is 19.7 Å². The monoisotopic (exact) mass is 594 g/mol. The highest BCUT2D eigenvalue weighted by atomic mass is 32.1. The molecule has 4 rings (SSSR count). The van der Waals surface area contributed by atoms with Crippen LogP contribution in [0.25, 0.3) is 11.4 Å². The third kappa shape index (κ3) is 9.68. The molecule has 218 valence electrons. The summed E-state index contributed by atoms with van der Waals surface area (Å²) < 4.78 is 65.4. The average Bonchev–Trinajstić information content (AvgIpc) is 3.55. The summed E-state index contributed by atoms with van der Waals surface area (Å²) in [5, 5.41) is 16.4. The number of imidazole rings is 1. The number of thiophene rings is 1. The van der Waals surface area contributed by atoms with E-state index in [0.29, 0.717) is 0 Å². The zero-order chi connectivity index (χ0) is 30.1. The number of carbonyl (C=O) groups excluding carboxylic acids is 1. The number of benzene rings is 1. The first-order chi connectivity index (χ1) is 18.6. The van der Waals surface area contributed by atoms with E-state index in [-0.39, 0.29) is 5.91 Å². The predicted octanol–water partition coefficient (Wildman–Crippen LogP) is 4.37. The first kappa shape index (κ1) is 32.3. The molecular formula is C24H24F6N4O5S. The second-order valence-corrected chi connectivity index (χ2v) is 9.19. The van der Waals surface area contributed by atoms with E-state index in [2.05, 4.69) is 27.4 Å². The van der Waals surface area contributed by atoms with Gasteiger partial charge in [-0.15, -0.1) is 11.3 Å². The summed E-state index contributed by atoms with van der Waals surface area (Å²) in [6, 6.07) is 12.0. The molecule has 2 aromatic heterocycles. The number of carbonyl (C=O) groups is 3. The Kier molecular flexibility index (Phi) is 11.2. The third-order valence-electron chi connectivity index (χ3n) is 5.32. The average molecular weight is 595 g/mol. The Hall–Kier alpha value is -3.92. The Morgan fingerprint density at radius 1 is 0.900 bits per heavy atom. The second kappa shape index (κ2) is 13.9. The molecule has 16 heteroatoms. The van der Waals surface area contributed by atoms with E-state index >= 15 is 0 Å². The molecule has 1 fully saturated rings. The normalized spacial score (nSPS) is 13.9. The quantitative estimate of drug-likeness (QED) is 0.431. The van der Waals surface area contributed by atoms with Crippen LogP contribution in [0.1, 0.15) is 15.2 Å². The zero-order valence-electron chi connectivity index (χ0n) is 20.8. The number of carboxylic acid groups (broad SMARTS) is 2. The lowest BCUT2D eigenvalue weighted by molar-refractivity contribution is -0.193. The molecule has 0 unspecified atom stereocenters. The van der Waals surface area contributed by atoms with Gasteiger partial charge in [0.15, 0.2) is 0 Å². The maximum atomic E-state index is 13.1. The smallest absolute Gasteiger partial charge is 0.475 e. The van der Waals surface area contributed by atoms with E-state index in [0.717, 1.165) is 49.7 Å². The van der Waals surface area contributed by atoms with Crippen LogP contribution in [0.15, 0.2) is 54.2 Å². The van der Waals surface area contributed by atoms with Gasteiger partial charge in [0.25, 0.3) is 5.91 Å². The van der Waals surface area contributed by atoms with E-state index in [1.54, 1.807) is 17.5 Å². The Morgan fingerprint density at radius 2 is 1.45 bits per heavy atom. The number of aromatic nitrogens is 2. The molecule has 0 radical (unpaired) electrons. The highest BCUT2D eigenvalue weighted by Crippen LogP contribution is 2.24. The maximum Gasteiger partial charge on any atom is 0.490 e. The fourth-order valence-corrected chi connectivity index (χ4v) is 4.14. The Balaban J connectivity index is 0.000000333. The first-order valence-corrected chi connectivity index (χ1v) is 12.2. The van der Waals surface area contributed by atoms with Crippen molar-refractivity contribution in [1.29, 1.82) is 0 Å². The molecule has 0 bridgehead atoms. The third-order valence-corrected chi connectivity index (χ3v) is 6.18. The van der Waals surface area contributed by atoms with Crippen molar-refractivity contribution in [1.82, 2.24) is 19.4 Å². The molecule has 1 aliphatic heterocycles. The maximum absolute atomic E-state index is 13.1. The highest BCUT2D eigenvalue weighted by molar-refractivity contribution is 7.09. The van der Waals surface area contributed by atoms with Gasteiger partial charge in [-0.3, -0.25) is 9.69 Å². The van der Waals surface area contributed by atoms with E-state index in [9.17, 15) is 31.1 Å². The number of hydrogen-bond donors (Lipinski definition) is 2. The fourth-order valence-electron chi connectivity index (χ4n) is 3.39. The number of rotatable bonds is 4. The number of carboxylic acids is 2. The van der Waals surface area contributed by atoms with Crippen molar-refractivity contribution in [3.05, 3.63) is 64.6 Å². The van der Waals surface area contributed by atoms with Gasteiger partial charge in [0.2, 0.25) is 0 Å². The summed E-state index contributed by atoms with van der Waals surface area (Å²) in [7, 11) is 1.95. The van der Waals surface area contributed by atoms with Crippen LogP contribution in [-0.4, -0.2) is 85.9 Å². The first-order valence-electron chi connectivity index (χ1n) is 11.3. The largest absolute Gasteiger partial charge is 0.490 e. The van der Waals surface area contributed by atoms with Gasteiger partial charge in [-0.1, -0.05) is 24.3 Å². The summed E-state index contributed by atoms with van der Waals surface area (Å²) in [5.41, 5.74) is 1.62. The van der Waals surface area contributed by atoms with Crippen LogP contribution < -0.4 is 0 Å². The molecule has 1 aromatic carbocycles. The fraction of sp³-hybridized carbons (Fsp3) is 0.333. The SMILES string of the molecule is Cn1ccnc1-c1ccccc1C(=O)N1CCN(Cc2cccs2)CC1.O=C(O)C(F)(F)F.O=C(O)C(F)(F)F. The molecular weight excluding hydrogens is 570 g/mol.